The van der Waals surface area contributed by atoms with Crippen molar-refractivity contribution < 1.29 is 18.7 Å². The van der Waals surface area contributed by atoms with Crippen LogP contribution < -0.4 is 5.73 Å². The van der Waals surface area contributed by atoms with Crippen LogP contribution >= 0.6 is 0 Å². The van der Waals surface area contributed by atoms with Crippen molar-refractivity contribution in [3.8, 4) is 11.1 Å². The van der Waals surface area contributed by atoms with Gasteiger partial charge in [0.05, 0.1) is 24.3 Å². The second-order valence-electron chi connectivity index (χ2n) is 8.06. The molecule has 0 radical (unpaired) electrons. The summed E-state index contributed by atoms with van der Waals surface area (Å²) in [5.41, 5.74) is 10.0. The number of carbonyl (C=O) groups is 2. The maximum absolute atomic E-state index is 13.8. The summed E-state index contributed by atoms with van der Waals surface area (Å²) in [4.78, 5) is 30.2. The molecule has 1 aliphatic heterocycles. The molecule has 2 heterocycles. The molecule has 2 amide bonds. The van der Waals surface area contributed by atoms with Gasteiger partial charge in [-0.3, -0.25) is 9.59 Å². The third-order valence-corrected chi connectivity index (χ3v) is 6.01. The number of amides is 2. The van der Waals surface area contributed by atoms with Crippen LogP contribution in [0.3, 0.4) is 0 Å². The number of morpholine rings is 1. The average molecular weight is 431 g/mol. The van der Waals surface area contributed by atoms with Gasteiger partial charge < -0.3 is 20.4 Å². The van der Waals surface area contributed by atoms with Crippen molar-refractivity contribution in [3.63, 3.8) is 0 Å². The molecule has 1 aliphatic rings. The predicted octanol–water partition coefficient (Wildman–Crippen LogP) is 4.01. The Bertz CT molecular complexity index is 1390. The van der Waals surface area contributed by atoms with E-state index in [9.17, 15) is 14.0 Å². The van der Waals surface area contributed by atoms with Gasteiger partial charge in [-0.1, -0.05) is 12.1 Å². The second kappa shape index (κ2) is 7.76. The maximum atomic E-state index is 13.8. The molecule has 3 aromatic carbocycles. The summed E-state index contributed by atoms with van der Waals surface area (Å²) in [7, 11) is 0. The molecule has 32 heavy (non-hydrogen) atoms. The largest absolute Gasteiger partial charge is 0.378 e. The van der Waals surface area contributed by atoms with Crippen molar-refractivity contribution in [2.75, 3.05) is 26.3 Å². The van der Waals surface area contributed by atoms with E-state index in [0.717, 1.165) is 27.4 Å². The average Bonchev–Trinajstić information content (AvgIpc) is 3.18. The number of aromatic amines is 1. The molecule has 0 bridgehead atoms. The fourth-order valence-electron chi connectivity index (χ4n) is 4.27. The van der Waals surface area contributed by atoms with Gasteiger partial charge in [0.25, 0.3) is 11.8 Å². The smallest absolute Gasteiger partial charge is 0.254 e. The first-order chi connectivity index (χ1) is 15.4. The molecule has 1 aromatic heterocycles. The number of benzene rings is 3. The van der Waals surface area contributed by atoms with Gasteiger partial charge in [0.2, 0.25) is 0 Å². The van der Waals surface area contributed by atoms with Gasteiger partial charge in [-0.25, -0.2) is 4.39 Å². The van der Waals surface area contributed by atoms with Crippen molar-refractivity contribution in [2.24, 2.45) is 5.73 Å². The Morgan fingerprint density at radius 2 is 1.78 bits per heavy atom. The van der Waals surface area contributed by atoms with Crippen LogP contribution in [0, 0.1) is 12.7 Å². The number of primary amides is 1. The molecule has 7 heteroatoms. The number of nitrogens with zero attached hydrogens (tertiary/aromatic N) is 1. The van der Waals surface area contributed by atoms with Gasteiger partial charge in [-0.05, 0) is 60.0 Å². The summed E-state index contributed by atoms with van der Waals surface area (Å²) in [6, 6.07) is 14.0. The molecule has 5 rings (SSSR count). The number of halogens is 1. The van der Waals surface area contributed by atoms with E-state index in [1.165, 1.54) is 6.07 Å². The molecule has 0 saturated carbocycles. The van der Waals surface area contributed by atoms with Gasteiger partial charge in [-0.2, -0.15) is 0 Å². The fraction of sp³-hybridized carbons (Fsp3) is 0.200. The third kappa shape index (κ3) is 3.40. The van der Waals surface area contributed by atoms with Crippen LogP contribution in [0.5, 0.6) is 0 Å². The highest BCUT2D eigenvalue weighted by molar-refractivity contribution is 6.17. The van der Waals surface area contributed by atoms with E-state index in [4.69, 9.17) is 10.5 Å². The van der Waals surface area contributed by atoms with Gasteiger partial charge in [0.1, 0.15) is 5.82 Å². The molecule has 3 N–H and O–H groups in total. The lowest BCUT2D eigenvalue weighted by Gasteiger charge is -2.26. The van der Waals surface area contributed by atoms with Gasteiger partial charge in [0, 0.05) is 34.9 Å². The number of hydrogen-bond donors (Lipinski definition) is 2. The Labute approximate surface area is 183 Å². The number of aromatic nitrogens is 1. The summed E-state index contributed by atoms with van der Waals surface area (Å²) >= 11 is 0. The number of rotatable bonds is 3. The summed E-state index contributed by atoms with van der Waals surface area (Å²) in [5.74, 6) is -0.896. The molecule has 4 aromatic rings. The van der Waals surface area contributed by atoms with Gasteiger partial charge >= 0.3 is 0 Å². The van der Waals surface area contributed by atoms with Crippen molar-refractivity contribution >= 4 is 33.6 Å². The first-order valence-electron chi connectivity index (χ1n) is 10.5. The van der Waals surface area contributed by atoms with E-state index >= 15 is 0 Å². The van der Waals surface area contributed by atoms with E-state index in [1.54, 1.807) is 42.2 Å². The topological polar surface area (TPSA) is 88.4 Å². The molecule has 0 unspecified atom stereocenters. The number of nitrogens with two attached hydrogens (primary N) is 1. The number of aryl methyl sites for hydroxylation is 1. The van der Waals surface area contributed by atoms with E-state index < -0.39 is 5.91 Å². The Kier molecular flexibility index (Phi) is 4.90. The number of fused-ring (bicyclic) bond motifs is 3. The molecular weight excluding hydrogens is 409 g/mol. The van der Waals surface area contributed by atoms with Crippen molar-refractivity contribution in [3.05, 3.63) is 71.0 Å². The lowest BCUT2D eigenvalue weighted by Crippen LogP contribution is -2.40. The van der Waals surface area contributed by atoms with E-state index in [0.29, 0.717) is 48.5 Å². The van der Waals surface area contributed by atoms with E-state index in [-0.39, 0.29) is 11.7 Å². The highest BCUT2D eigenvalue weighted by atomic mass is 19.1. The molecular formula is C25H22FN3O3. The Morgan fingerprint density at radius 3 is 2.50 bits per heavy atom. The van der Waals surface area contributed by atoms with Crippen LogP contribution in [-0.4, -0.2) is 48.0 Å². The van der Waals surface area contributed by atoms with Gasteiger partial charge in [0.15, 0.2) is 0 Å². The molecule has 1 saturated heterocycles. The zero-order valence-corrected chi connectivity index (χ0v) is 17.6. The molecule has 162 valence electrons. The minimum absolute atomic E-state index is 0.0496. The normalized spacial score (nSPS) is 14.2. The van der Waals surface area contributed by atoms with Crippen LogP contribution in [0.15, 0.2) is 48.5 Å². The van der Waals surface area contributed by atoms with E-state index in [2.05, 4.69) is 4.98 Å². The second-order valence-corrected chi connectivity index (χ2v) is 8.06. The SMILES string of the molecule is Cc1cc(-c2cc(C(N)=O)c3[nH]c4cc(C(=O)N5CCOCC5)ccc4c3c2)ccc1F. The predicted molar refractivity (Wildman–Crippen MR) is 121 cm³/mol. The summed E-state index contributed by atoms with van der Waals surface area (Å²) in [5, 5.41) is 1.69. The highest BCUT2D eigenvalue weighted by Gasteiger charge is 2.20. The molecule has 0 spiro atoms. The summed E-state index contributed by atoms with van der Waals surface area (Å²) in [6.45, 7) is 3.90. The lowest BCUT2D eigenvalue weighted by molar-refractivity contribution is 0.0303. The number of nitrogens with one attached hydrogen (secondary N) is 1. The number of ether oxygens (including phenoxy) is 1. The van der Waals surface area contributed by atoms with E-state index in [1.807, 2.05) is 12.1 Å². The Balaban J connectivity index is 1.65. The zero-order chi connectivity index (χ0) is 22.4. The van der Waals surface area contributed by atoms with Gasteiger partial charge in [-0.15, -0.1) is 0 Å². The van der Waals surface area contributed by atoms with Crippen molar-refractivity contribution in [1.29, 1.82) is 0 Å². The quantitative estimate of drug-likeness (QED) is 0.514. The number of carbonyl (C=O) groups excluding carboxylic acids is 2. The summed E-state index contributed by atoms with van der Waals surface area (Å²) < 4.78 is 19.1. The first kappa shape index (κ1) is 20.2. The minimum Gasteiger partial charge on any atom is -0.378 e. The van der Waals surface area contributed by atoms with Crippen LogP contribution in [0.1, 0.15) is 26.3 Å². The minimum atomic E-state index is -0.563. The Hall–Kier alpha value is -3.71. The Morgan fingerprint density at radius 1 is 1.00 bits per heavy atom. The number of hydrogen-bond acceptors (Lipinski definition) is 3. The standard InChI is InChI=1S/C25H22FN3O3/c1-14-10-15(3-5-21(14)26)17-11-19-18-4-2-16(25(31)29-6-8-32-9-7-29)13-22(18)28-23(19)20(12-17)24(27)30/h2-5,10-13,28H,6-9H2,1H3,(H2,27,30). The maximum Gasteiger partial charge on any atom is 0.254 e. The van der Waals surface area contributed by atoms with Crippen LogP contribution in [0.2, 0.25) is 0 Å². The fourth-order valence-corrected chi connectivity index (χ4v) is 4.27. The van der Waals surface area contributed by atoms with Crippen molar-refractivity contribution in [1.82, 2.24) is 9.88 Å². The lowest BCUT2D eigenvalue weighted by atomic mass is 9.97. The monoisotopic (exact) mass is 431 g/mol. The zero-order valence-electron chi connectivity index (χ0n) is 17.6. The molecule has 1 fully saturated rings. The summed E-state index contributed by atoms with van der Waals surface area (Å²) in [6.07, 6.45) is 0. The molecule has 0 aliphatic carbocycles. The highest BCUT2D eigenvalue weighted by Crippen LogP contribution is 2.34. The van der Waals surface area contributed by atoms with Crippen molar-refractivity contribution in [2.45, 2.75) is 6.92 Å². The number of H-pyrrole nitrogens is 1. The van der Waals surface area contributed by atoms with Crippen LogP contribution in [-0.2, 0) is 4.74 Å². The molecule has 0 atom stereocenters. The molecule has 6 nitrogen and oxygen atoms in total. The third-order valence-electron chi connectivity index (χ3n) is 6.01. The van der Waals surface area contributed by atoms with Crippen LogP contribution in [0.4, 0.5) is 4.39 Å². The van der Waals surface area contributed by atoms with Crippen LogP contribution in [0.25, 0.3) is 32.9 Å². The first-order valence-corrected chi connectivity index (χ1v) is 10.5.